The highest BCUT2D eigenvalue weighted by Gasteiger charge is 2.25. The molecule has 3 aromatic heterocycles. The summed E-state index contributed by atoms with van der Waals surface area (Å²) in [5, 5.41) is 9.19. The fourth-order valence-corrected chi connectivity index (χ4v) is 9.03. The molecule has 268 valence electrons. The standard InChI is InChI=1S/C52H34N4O/c1-31-12-11-19-33-24-25-40-42-29-43(52-54-50(34-14-3-2-4-15-34)53-51(55-52)38-23-22-32-13-5-6-16-35(32)26-38)46(30-47(42)57-49(40)48(31)33)56-44-21-10-9-20-39(44)41-27-36-17-7-8-18-37(36)28-45(41)56/h2-11,13-31H,12H2,1H3. The maximum Gasteiger partial charge on any atom is 0.166 e. The van der Waals surface area contributed by atoms with E-state index in [2.05, 4.69) is 163 Å². The maximum absolute atomic E-state index is 6.97. The van der Waals surface area contributed by atoms with Crippen molar-refractivity contribution >= 4 is 71.4 Å². The molecule has 0 radical (unpaired) electrons. The molecule has 1 aliphatic rings. The first-order chi connectivity index (χ1) is 28.1. The Bertz CT molecular complexity index is 3460. The summed E-state index contributed by atoms with van der Waals surface area (Å²) in [6, 6.07) is 55.8. The van der Waals surface area contributed by atoms with Gasteiger partial charge >= 0.3 is 0 Å². The first-order valence-electron chi connectivity index (χ1n) is 19.6. The normalized spacial score (nSPS) is 14.1. The van der Waals surface area contributed by atoms with Crippen molar-refractivity contribution in [2.24, 2.45) is 0 Å². The first-order valence-corrected chi connectivity index (χ1v) is 19.6. The first kappa shape index (κ1) is 31.9. The lowest BCUT2D eigenvalue weighted by atomic mass is 9.87. The molecule has 57 heavy (non-hydrogen) atoms. The molecule has 1 atom stereocenters. The lowest BCUT2D eigenvalue weighted by molar-refractivity contribution is 0.649. The second-order valence-corrected chi connectivity index (χ2v) is 15.3. The van der Waals surface area contributed by atoms with Crippen molar-refractivity contribution in [3.05, 3.63) is 175 Å². The fourth-order valence-electron chi connectivity index (χ4n) is 9.03. The van der Waals surface area contributed by atoms with Crippen LogP contribution in [0.4, 0.5) is 0 Å². The smallest absolute Gasteiger partial charge is 0.166 e. The van der Waals surface area contributed by atoms with Gasteiger partial charge in [-0.15, -0.1) is 0 Å². The lowest BCUT2D eigenvalue weighted by Crippen LogP contribution is -2.04. The minimum absolute atomic E-state index is 0.347. The summed E-state index contributed by atoms with van der Waals surface area (Å²) in [6.45, 7) is 2.29. The summed E-state index contributed by atoms with van der Waals surface area (Å²) in [7, 11) is 0. The maximum atomic E-state index is 6.97. The Kier molecular flexibility index (Phi) is 6.90. The molecule has 3 heterocycles. The molecule has 0 spiro atoms. The van der Waals surface area contributed by atoms with Gasteiger partial charge in [0.15, 0.2) is 17.5 Å². The quantitative estimate of drug-likeness (QED) is 0.181. The molecule has 0 amide bonds. The van der Waals surface area contributed by atoms with Gasteiger partial charge in [-0.2, -0.15) is 0 Å². The third-order valence-corrected chi connectivity index (χ3v) is 11.8. The zero-order valence-electron chi connectivity index (χ0n) is 31.1. The SMILES string of the molecule is CC1CC=Cc2ccc3c(oc4cc(-n5c6ccccc6c6cc7ccccc7cc65)c(-c5nc(-c6ccccc6)nc(-c6ccc7ccccc7c6)n5)cc43)c21. The van der Waals surface area contributed by atoms with E-state index >= 15 is 0 Å². The molecule has 8 aromatic carbocycles. The van der Waals surface area contributed by atoms with E-state index in [-0.39, 0.29) is 0 Å². The van der Waals surface area contributed by atoms with Crippen LogP contribution in [0.25, 0.3) is 111 Å². The molecule has 5 nitrogen and oxygen atoms in total. The largest absolute Gasteiger partial charge is 0.456 e. The van der Waals surface area contributed by atoms with Crippen molar-refractivity contribution in [2.75, 3.05) is 0 Å². The van der Waals surface area contributed by atoms with Crippen LogP contribution in [0, 0.1) is 0 Å². The summed E-state index contributed by atoms with van der Waals surface area (Å²) in [5.41, 5.74) is 10.2. The van der Waals surface area contributed by atoms with Crippen molar-refractivity contribution in [2.45, 2.75) is 19.3 Å². The van der Waals surface area contributed by atoms with Crippen molar-refractivity contribution in [1.82, 2.24) is 19.5 Å². The average molecular weight is 731 g/mol. The lowest BCUT2D eigenvalue weighted by Gasteiger charge is -2.17. The van der Waals surface area contributed by atoms with Crippen LogP contribution in [-0.2, 0) is 0 Å². The van der Waals surface area contributed by atoms with Crippen LogP contribution in [0.2, 0.25) is 0 Å². The zero-order valence-corrected chi connectivity index (χ0v) is 31.1. The minimum atomic E-state index is 0.347. The number of aromatic nitrogens is 4. The second kappa shape index (κ2) is 12.3. The number of fused-ring (bicyclic) bond motifs is 10. The summed E-state index contributed by atoms with van der Waals surface area (Å²) < 4.78 is 9.35. The number of hydrogen-bond acceptors (Lipinski definition) is 4. The van der Waals surface area contributed by atoms with Gasteiger partial charge in [-0.25, -0.2) is 15.0 Å². The zero-order chi connectivity index (χ0) is 37.6. The van der Waals surface area contributed by atoms with Crippen molar-refractivity contribution in [3.8, 4) is 39.9 Å². The van der Waals surface area contributed by atoms with Gasteiger partial charge in [-0.1, -0.05) is 134 Å². The van der Waals surface area contributed by atoms with Crippen LogP contribution in [0.3, 0.4) is 0 Å². The van der Waals surface area contributed by atoms with Crippen LogP contribution < -0.4 is 0 Å². The Balaban J connectivity index is 1.21. The molecule has 5 heteroatoms. The summed E-state index contributed by atoms with van der Waals surface area (Å²) in [5.74, 6) is 2.19. The Labute approximate surface area is 328 Å². The third kappa shape index (κ3) is 4.99. The summed E-state index contributed by atoms with van der Waals surface area (Å²) in [6.07, 6.45) is 5.48. The predicted octanol–water partition coefficient (Wildman–Crippen LogP) is 13.7. The monoisotopic (exact) mass is 730 g/mol. The van der Waals surface area contributed by atoms with Crippen molar-refractivity contribution in [3.63, 3.8) is 0 Å². The van der Waals surface area contributed by atoms with E-state index in [4.69, 9.17) is 19.4 Å². The number of allylic oxidation sites excluding steroid dienone is 1. The molecular weight excluding hydrogens is 697 g/mol. The molecular formula is C52H34N4O. The molecule has 0 saturated carbocycles. The molecule has 12 rings (SSSR count). The number of para-hydroxylation sites is 1. The molecule has 0 bridgehead atoms. The van der Waals surface area contributed by atoms with E-state index in [1.54, 1.807) is 0 Å². The van der Waals surface area contributed by atoms with Gasteiger partial charge in [-0.3, -0.25) is 0 Å². The van der Waals surface area contributed by atoms with Gasteiger partial charge < -0.3 is 8.98 Å². The highest BCUT2D eigenvalue weighted by Crippen LogP contribution is 2.44. The summed E-state index contributed by atoms with van der Waals surface area (Å²) in [4.78, 5) is 15.8. The topological polar surface area (TPSA) is 56.7 Å². The fraction of sp³-hybridized carbons (Fsp3) is 0.0577. The van der Waals surface area contributed by atoms with Gasteiger partial charge in [0.05, 0.1) is 16.7 Å². The number of nitrogens with zero attached hydrogens (tertiary/aromatic N) is 4. The van der Waals surface area contributed by atoms with Gasteiger partial charge in [-0.05, 0) is 75.8 Å². The molecule has 11 aromatic rings. The van der Waals surface area contributed by atoms with Crippen LogP contribution >= 0.6 is 0 Å². The number of furan rings is 1. The van der Waals surface area contributed by atoms with E-state index in [1.165, 1.54) is 38.1 Å². The number of hydrogen-bond donors (Lipinski definition) is 0. The molecule has 1 unspecified atom stereocenters. The van der Waals surface area contributed by atoms with E-state index in [0.717, 1.165) is 67.2 Å². The molecule has 0 fully saturated rings. The van der Waals surface area contributed by atoms with E-state index in [1.807, 2.05) is 18.2 Å². The van der Waals surface area contributed by atoms with Crippen LogP contribution in [0.1, 0.15) is 30.4 Å². The number of rotatable bonds is 4. The molecule has 0 N–H and O–H groups in total. The number of benzene rings is 8. The highest BCUT2D eigenvalue weighted by atomic mass is 16.3. The Hall–Kier alpha value is -7.37. The van der Waals surface area contributed by atoms with Gasteiger partial charge in [0, 0.05) is 49.9 Å². The van der Waals surface area contributed by atoms with Crippen molar-refractivity contribution in [1.29, 1.82) is 0 Å². The van der Waals surface area contributed by atoms with E-state index in [0.29, 0.717) is 23.4 Å². The van der Waals surface area contributed by atoms with Gasteiger partial charge in [0.25, 0.3) is 0 Å². The Morgan fingerprint density at radius 1 is 0.526 bits per heavy atom. The van der Waals surface area contributed by atoms with Gasteiger partial charge in [0.2, 0.25) is 0 Å². The molecule has 0 aliphatic heterocycles. The van der Waals surface area contributed by atoms with Gasteiger partial charge in [0.1, 0.15) is 11.2 Å². The Morgan fingerprint density at radius 2 is 1.23 bits per heavy atom. The Morgan fingerprint density at radius 3 is 2.07 bits per heavy atom. The molecule has 0 saturated heterocycles. The second-order valence-electron chi connectivity index (χ2n) is 15.3. The van der Waals surface area contributed by atoms with Crippen molar-refractivity contribution < 1.29 is 4.42 Å². The summed E-state index contributed by atoms with van der Waals surface area (Å²) >= 11 is 0. The molecule has 1 aliphatic carbocycles. The van der Waals surface area contributed by atoms with Crippen LogP contribution in [-0.4, -0.2) is 19.5 Å². The van der Waals surface area contributed by atoms with E-state index < -0.39 is 0 Å². The third-order valence-electron chi connectivity index (χ3n) is 11.8. The highest BCUT2D eigenvalue weighted by molar-refractivity contribution is 6.15. The van der Waals surface area contributed by atoms with E-state index in [9.17, 15) is 0 Å². The van der Waals surface area contributed by atoms with Crippen LogP contribution in [0.15, 0.2) is 168 Å². The average Bonchev–Trinajstić information content (AvgIpc) is 3.79. The predicted molar refractivity (Wildman–Crippen MR) is 235 cm³/mol. The van der Waals surface area contributed by atoms with Crippen LogP contribution in [0.5, 0.6) is 0 Å². The minimum Gasteiger partial charge on any atom is -0.456 e.